The van der Waals surface area contributed by atoms with Gasteiger partial charge in [0.2, 0.25) is 5.88 Å². The summed E-state index contributed by atoms with van der Waals surface area (Å²) in [6, 6.07) is 17.9. The lowest BCUT2D eigenvalue weighted by atomic mass is 10.1. The van der Waals surface area contributed by atoms with Crippen molar-refractivity contribution in [3.05, 3.63) is 94.0 Å². The van der Waals surface area contributed by atoms with Crippen LogP contribution < -0.4 is 15.0 Å². The topological polar surface area (TPSA) is 154 Å². The van der Waals surface area contributed by atoms with Crippen molar-refractivity contribution in [2.45, 2.75) is 18.7 Å². The molecule has 0 radical (unpaired) electrons. The van der Waals surface area contributed by atoms with Gasteiger partial charge in [-0.2, -0.15) is 10.4 Å². The summed E-state index contributed by atoms with van der Waals surface area (Å²) in [5.74, 6) is 0.602. The van der Waals surface area contributed by atoms with Crippen LogP contribution in [0.5, 0.6) is 11.6 Å². The molecular formula is C26H20N6O4S. The SMILES string of the molecule is Cc1ccc(C#N)c(S(=O)(=O)Nc2ccc(-c3cc4n[nH]c(C)c4c(Oc4cc[nH]c(=O)c4)n3)cc2)c1. The van der Waals surface area contributed by atoms with Gasteiger partial charge in [0.25, 0.3) is 15.6 Å². The van der Waals surface area contributed by atoms with Gasteiger partial charge in [0.05, 0.1) is 22.2 Å². The van der Waals surface area contributed by atoms with Crippen LogP contribution in [0.1, 0.15) is 16.8 Å². The van der Waals surface area contributed by atoms with Crippen molar-refractivity contribution in [2.24, 2.45) is 0 Å². The Kier molecular flexibility index (Phi) is 5.95. The normalized spacial score (nSPS) is 11.3. The fourth-order valence-electron chi connectivity index (χ4n) is 3.83. The van der Waals surface area contributed by atoms with Crippen LogP contribution in [-0.4, -0.2) is 28.6 Å². The zero-order valence-corrected chi connectivity index (χ0v) is 20.6. The first-order chi connectivity index (χ1) is 17.7. The molecular weight excluding hydrogens is 492 g/mol. The number of ether oxygens (including phenoxy) is 1. The van der Waals surface area contributed by atoms with Crippen LogP contribution in [0.25, 0.3) is 22.2 Å². The molecule has 37 heavy (non-hydrogen) atoms. The number of H-pyrrole nitrogens is 2. The summed E-state index contributed by atoms with van der Waals surface area (Å²) in [5, 5.41) is 17.2. The number of hydrogen-bond acceptors (Lipinski definition) is 7. The van der Waals surface area contributed by atoms with E-state index in [-0.39, 0.29) is 21.9 Å². The lowest BCUT2D eigenvalue weighted by molar-refractivity contribution is 0.468. The van der Waals surface area contributed by atoms with E-state index in [4.69, 9.17) is 4.74 Å². The Hall–Kier alpha value is -4.95. The maximum absolute atomic E-state index is 13.0. The zero-order valence-electron chi connectivity index (χ0n) is 19.7. The Morgan fingerprint density at radius 2 is 1.81 bits per heavy atom. The summed E-state index contributed by atoms with van der Waals surface area (Å²) in [4.78, 5) is 18.8. The number of aromatic nitrogens is 4. The van der Waals surface area contributed by atoms with Gasteiger partial charge < -0.3 is 9.72 Å². The minimum absolute atomic E-state index is 0.0643. The quantitative estimate of drug-likeness (QED) is 0.305. The van der Waals surface area contributed by atoms with E-state index in [0.29, 0.717) is 33.6 Å². The molecule has 2 aromatic carbocycles. The fraction of sp³-hybridized carbons (Fsp3) is 0.0769. The maximum Gasteiger partial charge on any atom is 0.263 e. The van der Waals surface area contributed by atoms with E-state index in [1.807, 2.05) is 13.0 Å². The third-order valence-corrected chi connectivity index (χ3v) is 7.05. The number of hydrogen-bond donors (Lipinski definition) is 3. The van der Waals surface area contributed by atoms with Crippen LogP contribution in [-0.2, 0) is 10.0 Å². The number of nitrogens with one attached hydrogen (secondary N) is 3. The number of aryl methyl sites for hydroxylation is 2. The highest BCUT2D eigenvalue weighted by molar-refractivity contribution is 7.92. The van der Waals surface area contributed by atoms with Crippen molar-refractivity contribution in [3.8, 4) is 29.0 Å². The monoisotopic (exact) mass is 512 g/mol. The van der Waals surface area contributed by atoms with Crippen molar-refractivity contribution in [2.75, 3.05) is 4.72 Å². The highest BCUT2D eigenvalue weighted by atomic mass is 32.2. The van der Waals surface area contributed by atoms with E-state index < -0.39 is 10.0 Å². The fourth-order valence-corrected chi connectivity index (χ4v) is 5.14. The van der Waals surface area contributed by atoms with Crippen LogP contribution in [0.15, 0.2) is 76.6 Å². The van der Waals surface area contributed by atoms with Crippen molar-refractivity contribution in [3.63, 3.8) is 0 Å². The van der Waals surface area contributed by atoms with Crippen LogP contribution in [0.3, 0.4) is 0 Å². The summed E-state index contributed by atoms with van der Waals surface area (Å²) >= 11 is 0. The molecule has 0 fully saturated rings. The molecule has 0 atom stereocenters. The van der Waals surface area contributed by atoms with Gasteiger partial charge in [0, 0.05) is 29.2 Å². The van der Waals surface area contributed by atoms with Crippen LogP contribution >= 0.6 is 0 Å². The Morgan fingerprint density at radius 1 is 1.03 bits per heavy atom. The van der Waals surface area contributed by atoms with Gasteiger partial charge in [-0.1, -0.05) is 18.2 Å². The van der Waals surface area contributed by atoms with Crippen molar-refractivity contribution < 1.29 is 13.2 Å². The van der Waals surface area contributed by atoms with Gasteiger partial charge in [0.15, 0.2) is 0 Å². The minimum atomic E-state index is -3.98. The number of aromatic amines is 2. The molecule has 3 aromatic heterocycles. The van der Waals surface area contributed by atoms with Gasteiger partial charge in [-0.3, -0.25) is 14.6 Å². The summed E-state index contributed by atoms with van der Waals surface area (Å²) in [6.07, 6.45) is 1.48. The Labute approximate surface area is 211 Å². The molecule has 0 amide bonds. The highest BCUT2D eigenvalue weighted by Crippen LogP contribution is 2.33. The summed E-state index contributed by atoms with van der Waals surface area (Å²) in [5.41, 5.74) is 3.41. The summed E-state index contributed by atoms with van der Waals surface area (Å²) < 4.78 is 34.4. The number of fused-ring (bicyclic) bond motifs is 1. The average Bonchev–Trinajstić information content (AvgIpc) is 3.25. The molecule has 5 rings (SSSR count). The standard InChI is InChI=1S/C26H20N6O4S/c1-15-3-4-18(14-27)23(11-15)37(34,35)32-19-7-5-17(6-8-19)21-13-22-25(16(2)30-31-22)26(29-21)36-20-9-10-28-24(33)12-20/h3-13,32H,1-2H3,(H,28,33)(H,30,31). The van der Waals surface area contributed by atoms with Crippen molar-refractivity contribution in [1.29, 1.82) is 5.26 Å². The molecule has 0 bridgehead atoms. The number of rotatable bonds is 6. The molecule has 0 spiro atoms. The van der Waals surface area contributed by atoms with Crippen molar-refractivity contribution in [1.82, 2.24) is 20.2 Å². The largest absolute Gasteiger partial charge is 0.438 e. The molecule has 0 saturated carbocycles. The molecule has 0 aliphatic rings. The van der Waals surface area contributed by atoms with Gasteiger partial charge in [-0.05, 0) is 55.8 Å². The van der Waals surface area contributed by atoms with Crippen molar-refractivity contribution >= 4 is 26.6 Å². The van der Waals surface area contributed by atoms with Crippen LogP contribution in [0, 0.1) is 25.2 Å². The van der Waals surface area contributed by atoms with Crippen LogP contribution in [0.2, 0.25) is 0 Å². The Morgan fingerprint density at radius 3 is 2.54 bits per heavy atom. The van der Waals surface area contributed by atoms with Gasteiger partial charge in [-0.25, -0.2) is 13.4 Å². The first-order valence-electron chi connectivity index (χ1n) is 11.1. The maximum atomic E-state index is 13.0. The molecule has 0 aliphatic heterocycles. The zero-order chi connectivity index (χ0) is 26.2. The first kappa shape index (κ1) is 23.8. The van der Waals surface area contributed by atoms with E-state index in [0.717, 1.165) is 11.3 Å². The highest BCUT2D eigenvalue weighted by Gasteiger charge is 2.20. The summed E-state index contributed by atoms with van der Waals surface area (Å²) in [6.45, 7) is 3.60. The van der Waals surface area contributed by atoms with E-state index in [9.17, 15) is 18.5 Å². The first-order valence-corrected chi connectivity index (χ1v) is 12.6. The molecule has 184 valence electrons. The third kappa shape index (κ3) is 4.78. The van der Waals surface area contributed by atoms with E-state index >= 15 is 0 Å². The van der Waals surface area contributed by atoms with Gasteiger partial charge in [0.1, 0.15) is 16.7 Å². The third-order valence-electron chi connectivity index (χ3n) is 5.63. The molecule has 10 nitrogen and oxygen atoms in total. The second-order valence-electron chi connectivity index (χ2n) is 8.34. The minimum Gasteiger partial charge on any atom is -0.438 e. The second-order valence-corrected chi connectivity index (χ2v) is 9.99. The van der Waals surface area contributed by atoms with E-state index in [1.165, 1.54) is 24.4 Å². The molecule has 3 heterocycles. The predicted molar refractivity (Wildman–Crippen MR) is 138 cm³/mol. The smallest absolute Gasteiger partial charge is 0.263 e. The molecule has 11 heteroatoms. The molecule has 5 aromatic rings. The van der Waals surface area contributed by atoms with Crippen LogP contribution in [0.4, 0.5) is 5.69 Å². The molecule has 0 aliphatic carbocycles. The molecule has 0 saturated heterocycles. The molecule has 0 unspecified atom stereocenters. The molecule has 3 N–H and O–H groups in total. The Bertz CT molecular complexity index is 1850. The van der Waals surface area contributed by atoms with Gasteiger partial charge in [-0.15, -0.1) is 0 Å². The predicted octanol–water partition coefficient (Wildman–Crippen LogP) is 4.39. The Balaban J connectivity index is 1.48. The number of nitriles is 1. The number of nitrogens with zero attached hydrogens (tertiary/aromatic N) is 3. The summed E-state index contributed by atoms with van der Waals surface area (Å²) in [7, 11) is -3.98. The number of sulfonamides is 1. The van der Waals surface area contributed by atoms with E-state index in [2.05, 4.69) is 24.9 Å². The van der Waals surface area contributed by atoms with Gasteiger partial charge >= 0.3 is 0 Å². The lowest BCUT2D eigenvalue weighted by Gasteiger charge is -2.11. The van der Waals surface area contributed by atoms with E-state index in [1.54, 1.807) is 49.4 Å². The second kappa shape index (κ2) is 9.25. The average molecular weight is 513 g/mol. The number of benzene rings is 2. The lowest BCUT2D eigenvalue weighted by Crippen LogP contribution is -2.14. The number of anilines is 1. The number of pyridine rings is 2.